The highest BCUT2D eigenvalue weighted by Crippen LogP contribution is 2.34. The van der Waals surface area contributed by atoms with Crippen LogP contribution < -0.4 is 5.32 Å². The lowest BCUT2D eigenvalue weighted by molar-refractivity contribution is -0.141. The van der Waals surface area contributed by atoms with Crippen LogP contribution in [0.3, 0.4) is 0 Å². The van der Waals surface area contributed by atoms with Gasteiger partial charge in [0.05, 0.1) is 7.11 Å². The zero-order valence-electron chi connectivity index (χ0n) is 10.7. The summed E-state index contributed by atoms with van der Waals surface area (Å²) in [6, 6.07) is 7.51. The van der Waals surface area contributed by atoms with Gasteiger partial charge in [0.25, 0.3) is 0 Å². The van der Waals surface area contributed by atoms with Crippen LogP contribution in [0.1, 0.15) is 16.6 Å². The fourth-order valence-corrected chi connectivity index (χ4v) is 2.20. The number of hydrogen-bond acceptors (Lipinski definition) is 6. The molecule has 1 atom stereocenters. The number of carbonyl (C=O) groups excluding carboxylic acids is 1. The van der Waals surface area contributed by atoms with E-state index in [1.165, 1.54) is 7.11 Å². The number of halogens is 3. The Morgan fingerprint density at radius 2 is 1.95 bits per heavy atom. The third-order valence-corrected chi connectivity index (χ3v) is 3.40. The summed E-state index contributed by atoms with van der Waals surface area (Å²) in [6.45, 7) is 0. The number of aromatic nitrogens is 2. The van der Waals surface area contributed by atoms with Gasteiger partial charge in [-0.25, -0.2) is 4.79 Å². The molecule has 1 aromatic carbocycles. The Morgan fingerprint density at radius 3 is 2.48 bits per heavy atom. The Balaban J connectivity index is 2.24. The van der Waals surface area contributed by atoms with E-state index < -0.39 is 23.2 Å². The first-order valence-corrected chi connectivity index (χ1v) is 6.53. The maximum Gasteiger partial charge on any atom is 0.445 e. The van der Waals surface area contributed by atoms with E-state index in [1.807, 2.05) is 0 Å². The molecular formula is C12H10F3N3O2S. The van der Waals surface area contributed by atoms with Crippen molar-refractivity contribution in [1.82, 2.24) is 10.2 Å². The van der Waals surface area contributed by atoms with Crippen molar-refractivity contribution in [2.45, 2.75) is 12.2 Å². The topological polar surface area (TPSA) is 64.1 Å². The first kappa shape index (κ1) is 15.2. The fourth-order valence-electron chi connectivity index (χ4n) is 1.56. The molecule has 5 nitrogen and oxygen atoms in total. The highest BCUT2D eigenvalue weighted by Gasteiger charge is 2.36. The highest BCUT2D eigenvalue weighted by atomic mass is 32.1. The minimum Gasteiger partial charge on any atom is -0.467 e. The highest BCUT2D eigenvalue weighted by molar-refractivity contribution is 7.15. The molecule has 112 valence electrons. The number of nitrogens with zero attached hydrogens (tertiary/aromatic N) is 2. The Hall–Kier alpha value is -2.16. The Morgan fingerprint density at radius 1 is 1.29 bits per heavy atom. The number of carbonyl (C=O) groups is 1. The normalized spacial score (nSPS) is 12.8. The van der Waals surface area contributed by atoms with Gasteiger partial charge in [-0.15, -0.1) is 10.2 Å². The quantitative estimate of drug-likeness (QED) is 0.879. The van der Waals surface area contributed by atoms with Gasteiger partial charge in [0.2, 0.25) is 10.1 Å². The predicted octanol–water partition coefficient (Wildman–Crippen LogP) is 2.88. The van der Waals surface area contributed by atoms with E-state index in [0.29, 0.717) is 16.9 Å². The van der Waals surface area contributed by atoms with Crippen molar-refractivity contribution in [2.75, 3.05) is 12.4 Å². The van der Waals surface area contributed by atoms with E-state index in [2.05, 4.69) is 20.3 Å². The van der Waals surface area contributed by atoms with Gasteiger partial charge in [0.1, 0.15) is 0 Å². The number of methoxy groups -OCH3 is 1. The second-order valence-electron chi connectivity index (χ2n) is 3.92. The summed E-state index contributed by atoms with van der Waals surface area (Å²) in [5.74, 6) is -0.634. The van der Waals surface area contributed by atoms with Gasteiger partial charge in [-0.2, -0.15) is 13.2 Å². The summed E-state index contributed by atoms with van der Waals surface area (Å²) in [5.41, 5.74) is 0.549. The Kier molecular flexibility index (Phi) is 4.41. The van der Waals surface area contributed by atoms with Crippen molar-refractivity contribution in [3.8, 4) is 0 Å². The molecule has 0 fully saturated rings. The predicted molar refractivity (Wildman–Crippen MR) is 69.7 cm³/mol. The van der Waals surface area contributed by atoms with Crippen LogP contribution in [0.25, 0.3) is 0 Å². The van der Waals surface area contributed by atoms with E-state index in [-0.39, 0.29) is 5.13 Å². The smallest absolute Gasteiger partial charge is 0.445 e. The summed E-state index contributed by atoms with van der Waals surface area (Å²) in [5, 5.41) is 7.86. The lowest BCUT2D eigenvalue weighted by Gasteiger charge is -2.15. The van der Waals surface area contributed by atoms with Gasteiger partial charge in [-0.1, -0.05) is 41.7 Å². The molecule has 0 aliphatic rings. The summed E-state index contributed by atoms with van der Waals surface area (Å²) in [4.78, 5) is 11.8. The van der Waals surface area contributed by atoms with Crippen LogP contribution in [0.5, 0.6) is 0 Å². The van der Waals surface area contributed by atoms with E-state index in [9.17, 15) is 18.0 Å². The number of benzene rings is 1. The van der Waals surface area contributed by atoms with Crippen LogP contribution in [-0.2, 0) is 15.7 Å². The van der Waals surface area contributed by atoms with Gasteiger partial charge < -0.3 is 10.1 Å². The number of esters is 1. The molecule has 0 saturated carbocycles. The molecule has 0 aliphatic carbocycles. The van der Waals surface area contributed by atoms with Crippen molar-refractivity contribution < 1.29 is 22.7 Å². The van der Waals surface area contributed by atoms with Gasteiger partial charge >= 0.3 is 12.1 Å². The lowest BCUT2D eigenvalue weighted by Crippen LogP contribution is -2.22. The first-order valence-electron chi connectivity index (χ1n) is 5.72. The van der Waals surface area contributed by atoms with Crippen molar-refractivity contribution >= 4 is 22.4 Å². The number of nitrogens with one attached hydrogen (secondary N) is 1. The van der Waals surface area contributed by atoms with Crippen molar-refractivity contribution in [1.29, 1.82) is 0 Å². The second kappa shape index (κ2) is 6.08. The number of ether oxygens (including phenoxy) is 1. The third kappa shape index (κ3) is 3.69. The molecule has 0 aliphatic heterocycles. The van der Waals surface area contributed by atoms with Crippen molar-refractivity contribution in [2.24, 2.45) is 0 Å². The molecule has 21 heavy (non-hydrogen) atoms. The minimum absolute atomic E-state index is 0.110. The Bertz CT molecular complexity index is 616. The fraction of sp³-hybridized carbons (Fsp3) is 0.250. The van der Waals surface area contributed by atoms with Gasteiger partial charge in [-0.05, 0) is 5.56 Å². The zero-order valence-corrected chi connectivity index (χ0v) is 11.5. The zero-order chi connectivity index (χ0) is 15.5. The minimum atomic E-state index is -4.56. The maximum absolute atomic E-state index is 12.5. The molecule has 2 aromatic rings. The molecule has 0 radical (unpaired) electrons. The molecular weight excluding hydrogens is 307 g/mol. The number of alkyl halides is 3. The van der Waals surface area contributed by atoms with Crippen LogP contribution in [0.4, 0.5) is 18.3 Å². The van der Waals surface area contributed by atoms with Crippen molar-refractivity contribution in [3.05, 3.63) is 40.9 Å². The molecule has 0 saturated heterocycles. The summed E-state index contributed by atoms with van der Waals surface area (Å²) >= 11 is 0.325. The molecule has 1 unspecified atom stereocenters. The monoisotopic (exact) mass is 317 g/mol. The van der Waals surface area contributed by atoms with Crippen molar-refractivity contribution in [3.63, 3.8) is 0 Å². The number of rotatable bonds is 4. The maximum atomic E-state index is 12.5. The third-order valence-electron chi connectivity index (χ3n) is 2.51. The van der Waals surface area contributed by atoms with E-state index in [1.54, 1.807) is 30.3 Å². The first-order chi connectivity index (χ1) is 9.91. The van der Waals surface area contributed by atoms with E-state index >= 15 is 0 Å². The van der Waals surface area contributed by atoms with Crippen LogP contribution in [-0.4, -0.2) is 23.3 Å². The van der Waals surface area contributed by atoms with E-state index in [0.717, 1.165) is 0 Å². The average molecular weight is 317 g/mol. The number of hydrogen-bond donors (Lipinski definition) is 1. The second-order valence-corrected chi connectivity index (χ2v) is 4.90. The van der Waals surface area contributed by atoms with Gasteiger partial charge in [0.15, 0.2) is 6.04 Å². The molecule has 1 heterocycles. The SMILES string of the molecule is COC(=O)C(Nc1nnc(C(F)(F)F)s1)c1ccccc1. The van der Waals surface area contributed by atoms with Crippen LogP contribution in [0.2, 0.25) is 0 Å². The summed E-state index contributed by atoms with van der Waals surface area (Å²) in [7, 11) is 1.20. The van der Waals surface area contributed by atoms with Gasteiger partial charge in [0, 0.05) is 0 Å². The number of anilines is 1. The van der Waals surface area contributed by atoms with Crippen LogP contribution in [0.15, 0.2) is 30.3 Å². The molecule has 0 spiro atoms. The van der Waals surface area contributed by atoms with Crippen LogP contribution >= 0.6 is 11.3 Å². The average Bonchev–Trinajstić information content (AvgIpc) is 2.93. The van der Waals surface area contributed by atoms with Gasteiger partial charge in [-0.3, -0.25) is 0 Å². The molecule has 1 aromatic heterocycles. The summed E-state index contributed by atoms with van der Waals surface area (Å²) < 4.78 is 42.1. The van der Waals surface area contributed by atoms with Crippen LogP contribution in [0, 0.1) is 0 Å². The molecule has 0 amide bonds. The summed E-state index contributed by atoms with van der Waals surface area (Å²) in [6.07, 6.45) is -4.56. The molecule has 9 heteroatoms. The lowest BCUT2D eigenvalue weighted by atomic mass is 10.1. The molecule has 1 N–H and O–H groups in total. The standard InChI is InChI=1S/C12H10F3N3O2S/c1-20-9(19)8(7-5-3-2-4-6-7)16-11-18-17-10(21-11)12(13,14)15/h2-6,8H,1H3,(H,16,18). The van der Waals surface area contributed by atoms with E-state index in [4.69, 9.17) is 0 Å². The Labute approximate surface area is 121 Å². The molecule has 2 rings (SSSR count). The largest absolute Gasteiger partial charge is 0.467 e. The molecule has 0 bridgehead atoms.